The highest BCUT2D eigenvalue weighted by atomic mass is 16.3. The Balaban J connectivity index is 1.26. The molecule has 0 fully saturated rings. The van der Waals surface area contributed by atoms with Gasteiger partial charge >= 0.3 is 0 Å². The van der Waals surface area contributed by atoms with Crippen molar-refractivity contribution in [2.75, 3.05) is 4.90 Å². The molecule has 9 rings (SSSR count). The molecule has 0 radical (unpaired) electrons. The van der Waals surface area contributed by atoms with Crippen molar-refractivity contribution in [2.24, 2.45) is 0 Å². The Kier molecular flexibility index (Phi) is 6.14. The molecule has 0 aliphatic carbocycles. The molecule has 46 heavy (non-hydrogen) atoms. The minimum atomic E-state index is 0.658. The molecule has 0 saturated heterocycles. The molecule has 0 atom stereocenters. The molecule has 216 valence electrons. The number of fused-ring (bicyclic) bond motifs is 5. The van der Waals surface area contributed by atoms with E-state index < -0.39 is 0 Å². The van der Waals surface area contributed by atoms with E-state index in [0.717, 1.165) is 44.2 Å². The zero-order valence-corrected chi connectivity index (χ0v) is 25.0. The second-order valence-electron chi connectivity index (χ2n) is 11.6. The van der Waals surface area contributed by atoms with Crippen LogP contribution in [0.15, 0.2) is 174 Å². The van der Waals surface area contributed by atoms with E-state index in [1.807, 2.05) is 6.07 Å². The number of aromatic nitrogens is 1. The van der Waals surface area contributed by atoms with Gasteiger partial charge in [-0.05, 0) is 93.0 Å². The van der Waals surface area contributed by atoms with E-state index in [0.29, 0.717) is 5.71 Å². The zero-order valence-electron chi connectivity index (χ0n) is 25.0. The summed E-state index contributed by atoms with van der Waals surface area (Å²) >= 11 is 0. The van der Waals surface area contributed by atoms with Crippen molar-refractivity contribution in [3.05, 3.63) is 170 Å². The van der Waals surface area contributed by atoms with Gasteiger partial charge in [-0.1, -0.05) is 109 Å². The summed E-state index contributed by atoms with van der Waals surface area (Å²) in [5.41, 5.74) is 9.50. The Hall–Kier alpha value is -6.19. The molecule has 0 saturated carbocycles. The van der Waals surface area contributed by atoms with E-state index in [1.165, 1.54) is 33.0 Å². The number of pyridine rings is 1. The van der Waals surface area contributed by atoms with Crippen LogP contribution in [0.4, 0.5) is 17.1 Å². The van der Waals surface area contributed by atoms with Crippen LogP contribution in [0.2, 0.25) is 0 Å². The molecular weight excluding hydrogens is 560 g/mol. The predicted octanol–water partition coefficient (Wildman–Crippen LogP) is 12.1. The lowest BCUT2D eigenvalue weighted by Crippen LogP contribution is -2.10. The molecular formula is C43H28N2O. The highest BCUT2D eigenvalue weighted by molar-refractivity contribution is 6.12. The summed E-state index contributed by atoms with van der Waals surface area (Å²) in [5.74, 6) is 0. The lowest BCUT2D eigenvalue weighted by molar-refractivity contribution is 0.654. The Morgan fingerprint density at radius 3 is 2.07 bits per heavy atom. The Morgan fingerprint density at radius 1 is 0.435 bits per heavy atom. The Bertz CT molecular complexity index is 2530. The van der Waals surface area contributed by atoms with E-state index in [9.17, 15) is 0 Å². The van der Waals surface area contributed by atoms with Gasteiger partial charge in [0.1, 0.15) is 5.58 Å². The maximum absolute atomic E-state index is 6.26. The summed E-state index contributed by atoms with van der Waals surface area (Å²) in [6.45, 7) is 0. The number of hydrogen-bond donors (Lipinski definition) is 0. The van der Waals surface area contributed by atoms with Crippen molar-refractivity contribution >= 4 is 60.7 Å². The third-order valence-electron chi connectivity index (χ3n) is 8.90. The largest absolute Gasteiger partial charge is 0.438 e. The minimum absolute atomic E-state index is 0.658. The maximum atomic E-state index is 6.26. The Morgan fingerprint density at radius 2 is 1.15 bits per heavy atom. The predicted molar refractivity (Wildman–Crippen MR) is 192 cm³/mol. The number of hydrogen-bond acceptors (Lipinski definition) is 3. The van der Waals surface area contributed by atoms with Gasteiger partial charge in [0.25, 0.3) is 0 Å². The van der Waals surface area contributed by atoms with Gasteiger partial charge in [0, 0.05) is 33.7 Å². The maximum Gasteiger partial charge on any atom is 0.227 e. The van der Waals surface area contributed by atoms with Crippen LogP contribution in [0.3, 0.4) is 0 Å². The third kappa shape index (κ3) is 4.41. The van der Waals surface area contributed by atoms with Crippen molar-refractivity contribution in [1.29, 1.82) is 0 Å². The molecule has 0 N–H and O–H groups in total. The minimum Gasteiger partial charge on any atom is -0.438 e. The molecule has 0 unspecified atom stereocenters. The highest BCUT2D eigenvalue weighted by Gasteiger charge is 2.18. The van der Waals surface area contributed by atoms with E-state index >= 15 is 0 Å². The third-order valence-corrected chi connectivity index (χ3v) is 8.90. The van der Waals surface area contributed by atoms with Crippen LogP contribution in [0.25, 0.3) is 65.9 Å². The molecule has 0 spiro atoms. The molecule has 0 aliphatic heterocycles. The molecule has 2 heterocycles. The molecule has 7 aromatic carbocycles. The highest BCUT2D eigenvalue weighted by Crippen LogP contribution is 2.43. The molecule has 2 aromatic heterocycles. The number of benzene rings is 7. The first-order chi connectivity index (χ1) is 22.8. The fourth-order valence-electron chi connectivity index (χ4n) is 6.71. The lowest BCUT2D eigenvalue weighted by atomic mass is 9.97. The molecule has 3 heteroatoms. The summed E-state index contributed by atoms with van der Waals surface area (Å²) in [6, 6.07) is 58.3. The van der Waals surface area contributed by atoms with E-state index in [-0.39, 0.29) is 0 Å². The van der Waals surface area contributed by atoms with E-state index in [2.05, 4.69) is 168 Å². The fourth-order valence-corrected chi connectivity index (χ4v) is 6.71. The molecule has 0 bridgehead atoms. The fraction of sp³-hybridized carbons (Fsp3) is 0. The lowest BCUT2D eigenvalue weighted by Gasteiger charge is -2.27. The number of anilines is 3. The summed E-state index contributed by atoms with van der Waals surface area (Å²) < 4.78 is 6.26. The standard InChI is InChI=1S/C43H28N2O/c1-2-10-29(11-3-1)30-21-23-34(24-22-30)45(35-16-6-14-32(26-35)37-18-7-13-31-12-4-5-17-36(31)37)41-20-8-15-33-27-40-38-19-9-25-44-43(38)46-42(40)28-39(33)41/h1-28H. The molecule has 0 amide bonds. The summed E-state index contributed by atoms with van der Waals surface area (Å²) in [4.78, 5) is 6.84. The van der Waals surface area contributed by atoms with Crippen LogP contribution in [0.1, 0.15) is 0 Å². The van der Waals surface area contributed by atoms with Gasteiger partial charge < -0.3 is 9.32 Å². The number of rotatable bonds is 5. The second kappa shape index (κ2) is 10.8. The summed E-state index contributed by atoms with van der Waals surface area (Å²) in [7, 11) is 0. The first-order valence-electron chi connectivity index (χ1n) is 15.5. The van der Waals surface area contributed by atoms with Crippen molar-refractivity contribution in [2.45, 2.75) is 0 Å². The normalized spacial score (nSPS) is 11.5. The SMILES string of the molecule is c1ccc(-c2ccc(N(c3cccc(-c4cccc5ccccc45)c3)c3cccc4cc5c(cc34)oc3ncccc35)cc2)cc1. The number of nitrogens with zero attached hydrogens (tertiary/aromatic N) is 2. The van der Waals surface area contributed by atoms with Crippen molar-refractivity contribution in [3.8, 4) is 22.3 Å². The first-order valence-corrected chi connectivity index (χ1v) is 15.5. The Labute approximate surface area is 266 Å². The summed E-state index contributed by atoms with van der Waals surface area (Å²) in [6.07, 6.45) is 1.78. The van der Waals surface area contributed by atoms with Gasteiger partial charge in [0.2, 0.25) is 5.71 Å². The van der Waals surface area contributed by atoms with Gasteiger partial charge in [-0.3, -0.25) is 0 Å². The first kappa shape index (κ1) is 26.2. The van der Waals surface area contributed by atoms with Crippen molar-refractivity contribution in [3.63, 3.8) is 0 Å². The zero-order chi connectivity index (χ0) is 30.5. The van der Waals surface area contributed by atoms with Crippen LogP contribution >= 0.6 is 0 Å². The molecule has 0 aliphatic rings. The monoisotopic (exact) mass is 588 g/mol. The number of furan rings is 1. The van der Waals surface area contributed by atoms with Crippen LogP contribution in [0.5, 0.6) is 0 Å². The van der Waals surface area contributed by atoms with Crippen LogP contribution in [0, 0.1) is 0 Å². The molecule has 3 nitrogen and oxygen atoms in total. The van der Waals surface area contributed by atoms with Gasteiger partial charge in [-0.15, -0.1) is 0 Å². The summed E-state index contributed by atoms with van der Waals surface area (Å²) in [5, 5.41) is 6.83. The van der Waals surface area contributed by atoms with Crippen LogP contribution in [-0.4, -0.2) is 4.98 Å². The van der Waals surface area contributed by atoms with Crippen LogP contribution in [-0.2, 0) is 0 Å². The van der Waals surface area contributed by atoms with E-state index in [4.69, 9.17) is 4.42 Å². The van der Waals surface area contributed by atoms with Gasteiger partial charge in [0.05, 0.1) is 5.69 Å². The smallest absolute Gasteiger partial charge is 0.227 e. The van der Waals surface area contributed by atoms with Gasteiger partial charge in [0.15, 0.2) is 0 Å². The van der Waals surface area contributed by atoms with Crippen LogP contribution < -0.4 is 4.90 Å². The second-order valence-corrected chi connectivity index (χ2v) is 11.6. The van der Waals surface area contributed by atoms with Gasteiger partial charge in [-0.2, -0.15) is 0 Å². The average molecular weight is 589 g/mol. The van der Waals surface area contributed by atoms with Crippen molar-refractivity contribution < 1.29 is 4.42 Å². The van der Waals surface area contributed by atoms with E-state index in [1.54, 1.807) is 6.20 Å². The average Bonchev–Trinajstić information content (AvgIpc) is 3.49. The van der Waals surface area contributed by atoms with Gasteiger partial charge in [-0.25, -0.2) is 4.98 Å². The molecule has 9 aromatic rings. The topological polar surface area (TPSA) is 29.3 Å². The quantitative estimate of drug-likeness (QED) is 0.200. The van der Waals surface area contributed by atoms with Crippen molar-refractivity contribution in [1.82, 2.24) is 4.98 Å².